The topological polar surface area (TPSA) is 57.6 Å². The molecule has 1 atom stereocenters. The fraction of sp³-hybridized carbons (Fsp3) is 0.429. The first-order valence-corrected chi connectivity index (χ1v) is 10.2. The van der Waals surface area contributed by atoms with Gasteiger partial charge in [0.05, 0.1) is 6.04 Å². The lowest BCUT2D eigenvalue weighted by Crippen LogP contribution is -2.50. The van der Waals surface area contributed by atoms with Gasteiger partial charge < -0.3 is 19.7 Å². The van der Waals surface area contributed by atoms with Crippen molar-refractivity contribution in [2.45, 2.75) is 32.9 Å². The maximum absolute atomic E-state index is 13.2. The van der Waals surface area contributed by atoms with Crippen LogP contribution in [0.2, 0.25) is 5.02 Å². The van der Waals surface area contributed by atoms with Gasteiger partial charge in [-0.15, -0.1) is 0 Å². The van der Waals surface area contributed by atoms with Crippen molar-refractivity contribution in [1.82, 2.24) is 19.7 Å². The molecule has 0 aliphatic carbocycles. The number of benzene rings is 1. The van der Waals surface area contributed by atoms with Crippen LogP contribution < -0.4 is 5.32 Å². The van der Waals surface area contributed by atoms with E-state index in [9.17, 15) is 9.59 Å². The number of hydrogen-bond acceptors (Lipinski definition) is 2. The second-order valence-corrected chi connectivity index (χ2v) is 7.29. The molecule has 0 bridgehead atoms. The van der Waals surface area contributed by atoms with Crippen LogP contribution in [0.4, 0.5) is 4.79 Å². The van der Waals surface area contributed by atoms with Crippen LogP contribution in [0.1, 0.15) is 37.6 Å². The highest BCUT2D eigenvalue weighted by atomic mass is 35.5. The summed E-state index contributed by atoms with van der Waals surface area (Å²) >= 11 is 6.48. The molecule has 1 aliphatic heterocycles. The van der Waals surface area contributed by atoms with E-state index >= 15 is 0 Å². The summed E-state index contributed by atoms with van der Waals surface area (Å²) in [5.74, 6) is -0.0779. The zero-order valence-electron chi connectivity index (χ0n) is 16.4. The summed E-state index contributed by atoms with van der Waals surface area (Å²) in [5, 5.41) is 3.48. The van der Waals surface area contributed by atoms with Crippen molar-refractivity contribution < 1.29 is 9.59 Å². The molecule has 3 amide bonds. The van der Waals surface area contributed by atoms with Crippen LogP contribution in [0.3, 0.4) is 0 Å². The van der Waals surface area contributed by atoms with E-state index in [2.05, 4.69) is 9.88 Å². The molecule has 7 heteroatoms. The summed E-state index contributed by atoms with van der Waals surface area (Å²) in [4.78, 5) is 28.9. The molecule has 0 radical (unpaired) electrons. The minimum absolute atomic E-state index is 0.0493. The van der Waals surface area contributed by atoms with Gasteiger partial charge in [-0.05, 0) is 37.1 Å². The predicted octanol–water partition coefficient (Wildman–Crippen LogP) is 3.51. The number of nitrogens with one attached hydrogen (secondary N) is 1. The largest absolute Gasteiger partial charge is 0.348 e. The highest BCUT2D eigenvalue weighted by molar-refractivity contribution is 6.31. The molecule has 2 aromatic rings. The molecular weight excluding hydrogens is 376 g/mol. The van der Waals surface area contributed by atoms with E-state index in [-0.39, 0.29) is 24.5 Å². The number of carbonyl (C=O) groups excluding carboxylic acids is 2. The molecule has 1 unspecified atom stereocenters. The Balaban J connectivity index is 1.86. The Bertz CT molecular complexity index is 835. The Labute approximate surface area is 171 Å². The van der Waals surface area contributed by atoms with E-state index in [1.807, 2.05) is 61.3 Å². The van der Waals surface area contributed by atoms with Gasteiger partial charge >= 0.3 is 6.03 Å². The second kappa shape index (κ2) is 9.15. The van der Waals surface area contributed by atoms with Crippen LogP contribution in [0.5, 0.6) is 0 Å². The Morgan fingerprint density at radius 3 is 2.68 bits per heavy atom. The summed E-state index contributed by atoms with van der Waals surface area (Å²) in [6, 6.07) is 11.2. The molecule has 0 saturated carbocycles. The van der Waals surface area contributed by atoms with Crippen LogP contribution >= 0.6 is 11.6 Å². The van der Waals surface area contributed by atoms with E-state index < -0.39 is 0 Å². The minimum Gasteiger partial charge on any atom is -0.348 e. The lowest BCUT2D eigenvalue weighted by molar-refractivity contribution is -0.134. The second-order valence-electron chi connectivity index (χ2n) is 6.88. The van der Waals surface area contributed by atoms with Gasteiger partial charge in [0.25, 0.3) is 0 Å². The summed E-state index contributed by atoms with van der Waals surface area (Å²) in [6.07, 6.45) is 2.88. The summed E-state index contributed by atoms with van der Waals surface area (Å²) in [7, 11) is 0. The van der Waals surface area contributed by atoms with Gasteiger partial charge in [-0.1, -0.05) is 36.7 Å². The fourth-order valence-corrected chi connectivity index (χ4v) is 3.84. The number of fused-ring (bicyclic) bond motifs is 1. The van der Waals surface area contributed by atoms with Crippen LogP contribution in [-0.4, -0.2) is 52.5 Å². The van der Waals surface area contributed by atoms with Gasteiger partial charge in [-0.25, -0.2) is 4.79 Å². The van der Waals surface area contributed by atoms with Crippen molar-refractivity contribution in [2.24, 2.45) is 0 Å². The van der Waals surface area contributed by atoms with Crippen molar-refractivity contribution in [2.75, 3.05) is 26.2 Å². The maximum Gasteiger partial charge on any atom is 0.317 e. The molecule has 3 rings (SSSR count). The number of carbonyl (C=O) groups is 2. The summed E-state index contributed by atoms with van der Waals surface area (Å²) in [5.41, 5.74) is 1.93. The van der Waals surface area contributed by atoms with E-state index in [0.29, 0.717) is 24.7 Å². The average Bonchev–Trinajstić information content (AvgIpc) is 3.18. The normalized spacial score (nSPS) is 15.8. The Hall–Kier alpha value is -2.47. The first kappa shape index (κ1) is 20.3. The van der Waals surface area contributed by atoms with Crippen molar-refractivity contribution in [3.8, 4) is 0 Å². The van der Waals surface area contributed by atoms with Gasteiger partial charge in [0, 0.05) is 43.1 Å². The number of hydrogen-bond donors (Lipinski definition) is 1. The standard InChI is InChI=1S/C21H27ClN4O2/c1-3-11-23-21(28)24(4-2)15-19(27)26-14-13-25-12-7-10-18(25)20(26)16-8-5-6-9-17(16)22/h5-10,12,20H,3-4,11,13-15H2,1-2H3,(H,23,28). The quantitative estimate of drug-likeness (QED) is 0.803. The zero-order valence-corrected chi connectivity index (χ0v) is 17.2. The molecule has 2 heterocycles. The number of nitrogens with zero attached hydrogens (tertiary/aromatic N) is 3. The van der Waals surface area contributed by atoms with E-state index in [1.54, 1.807) is 4.90 Å². The van der Waals surface area contributed by atoms with Gasteiger partial charge in [0.2, 0.25) is 5.91 Å². The number of amides is 3. The Morgan fingerprint density at radius 2 is 1.96 bits per heavy atom. The van der Waals surface area contributed by atoms with E-state index in [1.165, 1.54) is 0 Å². The molecule has 150 valence electrons. The molecule has 28 heavy (non-hydrogen) atoms. The third-order valence-corrected chi connectivity index (χ3v) is 5.42. The minimum atomic E-state index is -0.262. The Morgan fingerprint density at radius 1 is 1.18 bits per heavy atom. The van der Waals surface area contributed by atoms with Crippen LogP contribution in [-0.2, 0) is 11.3 Å². The molecule has 1 N–H and O–H groups in total. The number of rotatable bonds is 6. The molecule has 0 saturated heterocycles. The number of aromatic nitrogens is 1. The average molecular weight is 403 g/mol. The molecular formula is C21H27ClN4O2. The lowest BCUT2D eigenvalue weighted by atomic mass is 9.99. The first-order chi connectivity index (χ1) is 13.6. The van der Waals surface area contributed by atoms with E-state index in [0.717, 1.165) is 24.2 Å². The lowest BCUT2D eigenvalue weighted by Gasteiger charge is -2.38. The first-order valence-electron chi connectivity index (χ1n) is 9.78. The summed E-state index contributed by atoms with van der Waals surface area (Å²) < 4.78 is 2.16. The van der Waals surface area contributed by atoms with E-state index in [4.69, 9.17) is 11.6 Å². The third kappa shape index (κ3) is 4.17. The highest BCUT2D eigenvalue weighted by Gasteiger charge is 2.34. The Kier molecular flexibility index (Phi) is 6.62. The molecule has 1 aromatic carbocycles. The van der Waals surface area contributed by atoms with Crippen molar-refractivity contribution >= 4 is 23.5 Å². The van der Waals surface area contributed by atoms with Gasteiger partial charge in [0.1, 0.15) is 6.54 Å². The molecule has 1 aliphatic rings. The van der Waals surface area contributed by atoms with Gasteiger partial charge in [0.15, 0.2) is 0 Å². The van der Waals surface area contributed by atoms with Crippen molar-refractivity contribution in [1.29, 1.82) is 0 Å². The summed E-state index contributed by atoms with van der Waals surface area (Å²) in [6.45, 7) is 6.30. The van der Waals surface area contributed by atoms with Crippen LogP contribution in [0, 0.1) is 0 Å². The number of urea groups is 1. The number of halogens is 1. The van der Waals surface area contributed by atoms with Crippen LogP contribution in [0.25, 0.3) is 0 Å². The van der Waals surface area contributed by atoms with Crippen molar-refractivity contribution in [3.63, 3.8) is 0 Å². The van der Waals surface area contributed by atoms with Gasteiger partial charge in [-0.2, -0.15) is 0 Å². The van der Waals surface area contributed by atoms with Gasteiger partial charge in [-0.3, -0.25) is 4.79 Å². The molecule has 0 fully saturated rings. The van der Waals surface area contributed by atoms with Crippen LogP contribution in [0.15, 0.2) is 42.6 Å². The molecule has 0 spiro atoms. The zero-order chi connectivity index (χ0) is 20.1. The smallest absolute Gasteiger partial charge is 0.317 e. The maximum atomic E-state index is 13.2. The fourth-order valence-electron chi connectivity index (χ4n) is 3.60. The molecule has 1 aromatic heterocycles. The monoisotopic (exact) mass is 402 g/mol. The SMILES string of the molecule is CCCNC(=O)N(CC)CC(=O)N1CCn2cccc2C1c1ccccc1Cl. The predicted molar refractivity (Wildman–Crippen MR) is 110 cm³/mol. The van der Waals surface area contributed by atoms with Crippen molar-refractivity contribution in [3.05, 3.63) is 58.9 Å². The highest BCUT2D eigenvalue weighted by Crippen LogP contribution is 2.36. The number of likely N-dealkylation sites (N-methyl/N-ethyl adjacent to an activating group) is 1. The third-order valence-electron chi connectivity index (χ3n) is 5.08. The molecule has 6 nitrogen and oxygen atoms in total.